The Morgan fingerprint density at radius 3 is 3.33 bits per heavy atom. The second-order valence-corrected chi connectivity index (χ2v) is 5.63. The van der Waals surface area contributed by atoms with E-state index in [4.69, 9.17) is 4.74 Å². The molecule has 2 aliphatic rings. The highest BCUT2D eigenvalue weighted by Crippen LogP contribution is 2.35. The van der Waals surface area contributed by atoms with Crippen molar-refractivity contribution in [2.24, 2.45) is 13.0 Å². The van der Waals surface area contributed by atoms with Gasteiger partial charge in [0.1, 0.15) is 0 Å². The molecule has 3 rings (SSSR count). The number of piperidine rings is 1. The van der Waals surface area contributed by atoms with E-state index in [-0.39, 0.29) is 5.60 Å². The van der Waals surface area contributed by atoms with Crippen molar-refractivity contribution < 1.29 is 4.74 Å². The van der Waals surface area contributed by atoms with E-state index in [1.165, 1.54) is 19.3 Å². The van der Waals surface area contributed by atoms with E-state index in [2.05, 4.69) is 15.7 Å². The Hall–Kier alpha value is -1.07. The number of nitrogens with zero attached hydrogens (tertiary/aromatic N) is 2. The number of ether oxygens (including phenoxy) is 1. The predicted octanol–water partition coefficient (Wildman–Crippen LogP) is 0.991. The van der Waals surface area contributed by atoms with E-state index < -0.39 is 0 Å². The van der Waals surface area contributed by atoms with E-state index in [0.717, 1.165) is 31.9 Å². The van der Waals surface area contributed by atoms with Gasteiger partial charge in [-0.05, 0) is 25.8 Å². The van der Waals surface area contributed by atoms with Gasteiger partial charge in [0.25, 0.3) is 0 Å². The molecule has 1 aromatic rings. The molecule has 2 N–H and O–H groups in total. The van der Waals surface area contributed by atoms with Crippen molar-refractivity contribution in [3.63, 3.8) is 0 Å². The molecule has 2 unspecified atom stereocenters. The lowest BCUT2D eigenvalue weighted by molar-refractivity contribution is -0.0143. The molecule has 0 radical (unpaired) electrons. The van der Waals surface area contributed by atoms with Gasteiger partial charge in [-0.15, -0.1) is 0 Å². The van der Waals surface area contributed by atoms with Crippen LogP contribution in [-0.4, -0.2) is 41.6 Å². The molecule has 0 aliphatic carbocycles. The quantitative estimate of drug-likeness (QED) is 0.840. The van der Waals surface area contributed by atoms with Gasteiger partial charge < -0.3 is 15.4 Å². The summed E-state index contributed by atoms with van der Waals surface area (Å²) in [5.74, 6) is 0.616. The van der Waals surface area contributed by atoms with Gasteiger partial charge in [0.05, 0.1) is 24.1 Å². The monoisotopic (exact) mass is 250 g/mol. The minimum atomic E-state index is 0.125. The number of hydrogen-bond donors (Lipinski definition) is 2. The van der Waals surface area contributed by atoms with Gasteiger partial charge in [0.15, 0.2) is 0 Å². The van der Waals surface area contributed by atoms with Crippen molar-refractivity contribution in [3.8, 4) is 0 Å². The summed E-state index contributed by atoms with van der Waals surface area (Å²) in [7, 11) is 1.94. The smallest absolute Gasteiger partial charge is 0.0811 e. The molecule has 18 heavy (non-hydrogen) atoms. The highest BCUT2D eigenvalue weighted by molar-refractivity contribution is 5.37. The van der Waals surface area contributed by atoms with Crippen molar-refractivity contribution in [1.29, 1.82) is 0 Å². The zero-order valence-corrected chi connectivity index (χ0v) is 11.0. The number of aryl methyl sites for hydroxylation is 1. The van der Waals surface area contributed by atoms with Crippen LogP contribution < -0.4 is 10.6 Å². The SMILES string of the molecule is Cn1cc(NCC2COC3(CCCNC3)C2)cn1. The van der Waals surface area contributed by atoms with Gasteiger partial charge >= 0.3 is 0 Å². The summed E-state index contributed by atoms with van der Waals surface area (Å²) < 4.78 is 7.88. The van der Waals surface area contributed by atoms with Gasteiger partial charge in [-0.1, -0.05) is 0 Å². The van der Waals surface area contributed by atoms with E-state index in [1.54, 1.807) is 0 Å². The van der Waals surface area contributed by atoms with Crippen LogP contribution in [-0.2, 0) is 11.8 Å². The molecule has 3 heterocycles. The third kappa shape index (κ3) is 2.52. The van der Waals surface area contributed by atoms with Crippen molar-refractivity contribution in [3.05, 3.63) is 12.4 Å². The molecule has 0 aromatic carbocycles. The third-order valence-electron chi connectivity index (χ3n) is 4.02. The minimum Gasteiger partial charge on any atom is -0.382 e. The standard InChI is InChI=1S/C13H22N4O/c1-17-8-12(7-16-17)15-6-11-5-13(18-9-11)3-2-4-14-10-13/h7-8,11,14-15H,2-6,9-10H2,1H3. The summed E-state index contributed by atoms with van der Waals surface area (Å²) in [6.45, 7) is 4.03. The number of rotatable bonds is 3. The Balaban J connectivity index is 1.50. The Morgan fingerprint density at radius 2 is 2.61 bits per heavy atom. The zero-order valence-electron chi connectivity index (χ0n) is 11.0. The molecular formula is C13H22N4O. The van der Waals surface area contributed by atoms with Crippen molar-refractivity contribution in [2.75, 3.05) is 31.6 Å². The predicted molar refractivity (Wildman–Crippen MR) is 70.6 cm³/mol. The topological polar surface area (TPSA) is 51.1 Å². The first-order valence-corrected chi connectivity index (χ1v) is 6.83. The van der Waals surface area contributed by atoms with Crippen LogP contribution in [0, 0.1) is 5.92 Å². The van der Waals surface area contributed by atoms with E-state index in [1.807, 2.05) is 24.1 Å². The molecule has 2 fully saturated rings. The first-order chi connectivity index (χ1) is 8.76. The first-order valence-electron chi connectivity index (χ1n) is 6.83. The van der Waals surface area contributed by atoms with Crippen LogP contribution in [0.1, 0.15) is 19.3 Å². The van der Waals surface area contributed by atoms with Crippen molar-refractivity contribution >= 4 is 5.69 Å². The van der Waals surface area contributed by atoms with E-state index in [0.29, 0.717) is 5.92 Å². The van der Waals surface area contributed by atoms with Crippen LogP contribution in [0.5, 0.6) is 0 Å². The third-order valence-corrected chi connectivity index (χ3v) is 4.02. The van der Waals surface area contributed by atoms with Crippen LogP contribution >= 0.6 is 0 Å². The fraction of sp³-hybridized carbons (Fsp3) is 0.769. The Labute approximate surface area is 108 Å². The van der Waals surface area contributed by atoms with E-state index in [9.17, 15) is 0 Å². The number of aromatic nitrogens is 2. The summed E-state index contributed by atoms with van der Waals surface area (Å²) >= 11 is 0. The fourth-order valence-corrected chi connectivity index (χ4v) is 3.08. The molecular weight excluding hydrogens is 228 g/mol. The largest absolute Gasteiger partial charge is 0.382 e. The zero-order chi connectivity index (χ0) is 12.4. The van der Waals surface area contributed by atoms with Gasteiger partial charge in [-0.25, -0.2) is 0 Å². The maximum Gasteiger partial charge on any atom is 0.0811 e. The van der Waals surface area contributed by atoms with E-state index >= 15 is 0 Å². The normalized spacial score (nSPS) is 31.9. The lowest BCUT2D eigenvalue weighted by atomic mass is 9.87. The molecule has 2 atom stereocenters. The first kappa shape index (κ1) is 12.0. The molecule has 5 heteroatoms. The molecule has 0 amide bonds. The lowest BCUT2D eigenvalue weighted by Crippen LogP contribution is -2.45. The molecule has 1 aromatic heterocycles. The molecule has 0 saturated carbocycles. The summed E-state index contributed by atoms with van der Waals surface area (Å²) in [6.07, 6.45) is 7.50. The van der Waals surface area contributed by atoms with Crippen molar-refractivity contribution in [2.45, 2.75) is 24.9 Å². The summed E-state index contributed by atoms with van der Waals surface area (Å²) in [6, 6.07) is 0. The lowest BCUT2D eigenvalue weighted by Gasteiger charge is -2.33. The second kappa shape index (κ2) is 4.90. The van der Waals surface area contributed by atoms with Crippen LogP contribution in [0.4, 0.5) is 5.69 Å². The summed E-state index contributed by atoms with van der Waals surface area (Å²) in [4.78, 5) is 0. The van der Waals surface area contributed by atoms with Crippen LogP contribution in [0.3, 0.4) is 0 Å². The van der Waals surface area contributed by atoms with Gasteiger partial charge in [0, 0.05) is 32.3 Å². The molecule has 2 aliphatic heterocycles. The Kier molecular flexibility index (Phi) is 3.26. The highest BCUT2D eigenvalue weighted by Gasteiger charge is 2.40. The van der Waals surface area contributed by atoms with Crippen LogP contribution in [0.25, 0.3) is 0 Å². The van der Waals surface area contributed by atoms with Crippen LogP contribution in [0.15, 0.2) is 12.4 Å². The molecule has 0 bridgehead atoms. The molecule has 100 valence electrons. The average Bonchev–Trinajstić information content (AvgIpc) is 2.96. The Bertz CT molecular complexity index is 397. The summed E-state index contributed by atoms with van der Waals surface area (Å²) in [5, 5.41) is 11.1. The maximum atomic E-state index is 6.06. The molecule has 5 nitrogen and oxygen atoms in total. The molecule has 1 spiro atoms. The highest BCUT2D eigenvalue weighted by atomic mass is 16.5. The maximum absolute atomic E-state index is 6.06. The average molecular weight is 250 g/mol. The number of hydrogen-bond acceptors (Lipinski definition) is 4. The van der Waals surface area contributed by atoms with Gasteiger partial charge in [-0.2, -0.15) is 5.10 Å². The Morgan fingerprint density at radius 1 is 1.67 bits per heavy atom. The second-order valence-electron chi connectivity index (χ2n) is 5.63. The minimum absolute atomic E-state index is 0.125. The van der Waals surface area contributed by atoms with Crippen LogP contribution in [0.2, 0.25) is 0 Å². The van der Waals surface area contributed by atoms with Gasteiger partial charge in [-0.3, -0.25) is 4.68 Å². The number of nitrogens with one attached hydrogen (secondary N) is 2. The fourth-order valence-electron chi connectivity index (χ4n) is 3.08. The van der Waals surface area contributed by atoms with Gasteiger partial charge in [0.2, 0.25) is 0 Å². The summed E-state index contributed by atoms with van der Waals surface area (Å²) in [5.41, 5.74) is 1.22. The molecule has 2 saturated heterocycles. The number of anilines is 1. The van der Waals surface area contributed by atoms with Crippen molar-refractivity contribution in [1.82, 2.24) is 15.1 Å².